The van der Waals surface area contributed by atoms with Gasteiger partial charge in [0.1, 0.15) is 29.7 Å². The third-order valence-corrected chi connectivity index (χ3v) is 10.2. The summed E-state index contributed by atoms with van der Waals surface area (Å²) in [6.07, 6.45) is -1.31. The number of hydrogen-bond donors (Lipinski definition) is 12. The molecule has 262 valence electrons. The van der Waals surface area contributed by atoms with Gasteiger partial charge in [-0.05, 0) is 58.2 Å². The van der Waals surface area contributed by atoms with E-state index in [1.807, 2.05) is 6.08 Å². The molecule has 0 aromatic rings. The number of nitrogens with one attached hydrogen (secondary N) is 3. The Morgan fingerprint density at radius 2 is 1.85 bits per heavy atom. The van der Waals surface area contributed by atoms with Crippen molar-refractivity contribution in [3.05, 3.63) is 11.8 Å². The smallest absolute Gasteiger partial charge is 0.254 e. The van der Waals surface area contributed by atoms with Gasteiger partial charge >= 0.3 is 0 Å². The van der Waals surface area contributed by atoms with Gasteiger partial charge in [0.2, 0.25) is 0 Å². The number of aliphatic imine (C=N–C) groups is 1. The maximum Gasteiger partial charge on any atom is 0.254 e. The molecule has 5 rings (SSSR count). The van der Waals surface area contributed by atoms with Gasteiger partial charge in [-0.1, -0.05) is 0 Å². The van der Waals surface area contributed by atoms with Crippen LogP contribution < -0.4 is 44.6 Å². The van der Waals surface area contributed by atoms with Crippen LogP contribution in [-0.2, 0) is 19.0 Å². The molecular weight excluding hydrogens is 602 g/mol. The highest BCUT2D eigenvalue weighted by Crippen LogP contribution is 2.41. The third kappa shape index (κ3) is 7.29. The lowest BCUT2D eigenvalue weighted by atomic mass is 9.72. The van der Waals surface area contributed by atoms with E-state index < -0.39 is 83.9 Å². The van der Waals surface area contributed by atoms with Crippen molar-refractivity contribution < 1.29 is 39.4 Å². The van der Waals surface area contributed by atoms with Gasteiger partial charge in [0, 0.05) is 30.5 Å². The van der Waals surface area contributed by atoms with Gasteiger partial charge in [-0.3, -0.25) is 4.79 Å². The molecular formula is C29H53N9O8. The Morgan fingerprint density at radius 1 is 1.13 bits per heavy atom. The fraction of sp³-hybridized carbons (Fsp3) is 0.862. The maximum absolute atomic E-state index is 13.3. The largest absolute Gasteiger partial charge is 0.492 e. The van der Waals surface area contributed by atoms with E-state index in [0.717, 1.165) is 19.4 Å². The number of rotatable bonds is 11. The zero-order valence-electron chi connectivity index (χ0n) is 26.5. The number of guanidine groups is 1. The first-order chi connectivity index (χ1) is 21.6. The fourth-order valence-corrected chi connectivity index (χ4v) is 7.42. The number of amides is 1. The van der Waals surface area contributed by atoms with Crippen molar-refractivity contribution in [3.8, 4) is 0 Å². The fourth-order valence-electron chi connectivity index (χ4n) is 7.42. The van der Waals surface area contributed by atoms with Crippen LogP contribution in [0.15, 0.2) is 16.8 Å². The molecule has 2 heterocycles. The molecule has 2 aliphatic heterocycles. The van der Waals surface area contributed by atoms with Gasteiger partial charge in [0.15, 0.2) is 17.9 Å². The molecule has 4 fully saturated rings. The van der Waals surface area contributed by atoms with Gasteiger partial charge < -0.3 is 79.3 Å². The molecule has 0 spiro atoms. The van der Waals surface area contributed by atoms with Gasteiger partial charge in [-0.2, -0.15) is 0 Å². The van der Waals surface area contributed by atoms with Crippen molar-refractivity contribution in [2.75, 3.05) is 26.7 Å². The monoisotopic (exact) mass is 655 g/mol. The SMILES string of the molecule is CN[C@@H]1[C@@H](O)[C@@H](O[C@H]2[C@H](NC(=O)C3(O)CC3N=C(N)N)C[C@H](N)C([C@H]3OC(CNCC4CC(N)C4)=CC[C@H]3N)[C@@H]2O)OC[C@]1(C)O. The summed E-state index contributed by atoms with van der Waals surface area (Å²) in [6.45, 7) is 2.64. The van der Waals surface area contributed by atoms with Crippen LogP contribution in [-0.4, -0.2) is 137 Å². The Kier molecular flexibility index (Phi) is 10.5. The van der Waals surface area contributed by atoms with E-state index in [1.54, 1.807) is 7.05 Å². The second-order valence-electron chi connectivity index (χ2n) is 14.0. The lowest BCUT2D eigenvalue weighted by Crippen LogP contribution is -2.69. The first kappa shape index (κ1) is 35.2. The molecule has 0 aromatic heterocycles. The van der Waals surface area contributed by atoms with E-state index in [-0.39, 0.29) is 31.4 Å². The lowest BCUT2D eigenvalue weighted by Gasteiger charge is -2.50. The molecule has 17 heteroatoms. The Bertz CT molecular complexity index is 1150. The van der Waals surface area contributed by atoms with Crippen LogP contribution in [0.2, 0.25) is 0 Å². The molecule has 3 saturated carbocycles. The zero-order chi connectivity index (χ0) is 33.6. The van der Waals surface area contributed by atoms with Crippen LogP contribution >= 0.6 is 0 Å². The summed E-state index contributed by atoms with van der Waals surface area (Å²) in [5, 5.41) is 53.7. The van der Waals surface area contributed by atoms with Crippen LogP contribution in [0.4, 0.5) is 0 Å². The second-order valence-corrected chi connectivity index (χ2v) is 14.0. The number of nitrogens with two attached hydrogens (primary N) is 5. The number of carbonyl (C=O) groups is 1. The molecule has 5 aliphatic rings. The molecule has 13 atom stereocenters. The lowest BCUT2D eigenvalue weighted by molar-refractivity contribution is -0.297. The van der Waals surface area contributed by atoms with Crippen LogP contribution in [0.25, 0.3) is 0 Å². The highest BCUT2D eigenvalue weighted by Gasteiger charge is 2.61. The number of aliphatic hydroxyl groups excluding tert-OH is 2. The normalized spacial score (nSPS) is 47.2. The predicted molar refractivity (Wildman–Crippen MR) is 166 cm³/mol. The predicted octanol–water partition coefficient (Wildman–Crippen LogP) is -5.28. The van der Waals surface area contributed by atoms with Crippen LogP contribution in [0.1, 0.15) is 39.0 Å². The van der Waals surface area contributed by atoms with Gasteiger partial charge in [-0.15, -0.1) is 0 Å². The second kappa shape index (κ2) is 13.8. The molecule has 3 unspecified atom stereocenters. The summed E-state index contributed by atoms with van der Waals surface area (Å²) in [6, 6.07) is -3.49. The summed E-state index contributed by atoms with van der Waals surface area (Å²) in [5.41, 5.74) is 26.7. The number of carbonyl (C=O) groups excluding carboxylic acids is 1. The minimum absolute atomic E-state index is 0.0110. The van der Waals surface area contributed by atoms with Gasteiger partial charge in [0.05, 0.1) is 37.4 Å². The van der Waals surface area contributed by atoms with Crippen molar-refractivity contribution in [3.63, 3.8) is 0 Å². The van der Waals surface area contributed by atoms with E-state index in [4.69, 9.17) is 42.9 Å². The van der Waals surface area contributed by atoms with E-state index in [9.17, 15) is 25.2 Å². The Hall–Kier alpha value is -2.16. The average molecular weight is 656 g/mol. The van der Waals surface area contributed by atoms with Gasteiger partial charge in [0.25, 0.3) is 5.91 Å². The number of hydrogen-bond acceptors (Lipinski definition) is 14. The third-order valence-electron chi connectivity index (χ3n) is 10.2. The number of likely N-dealkylation sites (N-methyl/N-ethyl adjacent to an activating group) is 1. The Labute approximate surface area is 268 Å². The molecule has 46 heavy (non-hydrogen) atoms. The quantitative estimate of drug-likeness (QED) is 0.0731. The first-order valence-electron chi connectivity index (χ1n) is 16.1. The van der Waals surface area contributed by atoms with Crippen molar-refractivity contribution in [2.24, 2.45) is 45.5 Å². The van der Waals surface area contributed by atoms with Gasteiger partial charge in [-0.25, -0.2) is 4.99 Å². The van der Waals surface area contributed by atoms with E-state index in [2.05, 4.69) is 20.9 Å². The molecule has 1 saturated heterocycles. The number of ether oxygens (including phenoxy) is 3. The maximum atomic E-state index is 13.3. The summed E-state index contributed by atoms with van der Waals surface area (Å²) in [7, 11) is 1.59. The highest BCUT2D eigenvalue weighted by molar-refractivity contribution is 5.90. The highest BCUT2D eigenvalue weighted by atomic mass is 16.7. The standard InChI is InChI=1S/C29H53N9O8/c1-28(42)11-44-25(21(40)24(28)35-2)46-23-17(37-26(41)29(43)8-18(29)38-27(33)34)7-16(32)19(20(23)39)22-15(31)4-3-14(45-22)10-36-9-12-5-13(30)6-12/h3,12-13,15-25,35-36,39-40,42-43H,4-11,30-32H2,1-2H3,(H,37,41)(H4,33,34,38)/t12?,13?,15-,16+,17-,18?,19?,20+,21-,22+,23+,24-,25-,28+,29?/m1/s1. The molecule has 3 aliphatic carbocycles. The minimum atomic E-state index is -1.84. The van der Waals surface area contributed by atoms with E-state index >= 15 is 0 Å². The molecule has 0 aromatic carbocycles. The van der Waals surface area contributed by atoms with Crippen molar-refractivity contribution in [1.29, 1.82) is 0 Å². The van der Waals surface area contributed by atoms with Crippen LogP contribution in [0, 0.1) is 11.8 Å². The van der Waals surface area contributed by atoms with Crippen molar-refractivity contribution >= 4 is 11.9 Å². The summed E-state index contributed by atoms with van der Waals surface area (Å²) < 4.78 is 18.3. The minimum Gasteiger partial charge on any atom is -0.492 e. The summed E-state index contributed by atoms with van der Waals surface area (Å²) >= 11 is 0. The van der Waals surface area contributed by atoms with Crippen LogP contribution in [0.5, 0.6) is 0 Å². The Balaban J connectivity index is 1.32. The van der Waals surface area contributed by atoms with Crippen molar-refractivity contribution in [1.82, 2.24) is 16.0 Å². The summed E-state index contributed by atoms with van der Waals surface area (Å²) in [5.74, 6) is -0.526. The first-order valence-corrected chi connectivity index (χ1v) is 16.1. The molecule has 17 nitrogen and oxygen atoms in total. The molecule has 1 amide bonds. The topological polar surface area (TPSA) is 304 Å². The molecule has 0 radical (unpaired) electrons. The number of nitrogens with zero attached hydrogens (tertiary/aromatic N) is 1. The summed E-state index contributed by atoms with van der Waals surface area (Å²) in [4.78, 5) is 17.2. The number of aliphatic hydroxyl groups is 4. The Morgan fingerprint density at radius 3 is 2.50 bits per heavy atom. The molecule has 0 bridgehead atoms. The van der Waals surface area contributed by atoms with E-state index in [1.165, 1.54) is 6.92 Å². The van der Waals surface area contributed by atoms with Crippen LogP contribution in [0.3, 0.4) is 0 Å². The van der Waals surface area contributed by atoms with Crippen molar-refractivity contribution in [2.45, 2.75) is 117 Å². The molecule has 17 N–H and O–H groups in total. The zero-order valence-corrected chi connectivity index (χ0v) is 26.5. The van der Waals surface area contributed by atoms with E-state index in [0.29, 0.717) is 24.6 Å². The average Bonchev–Trinajstić information content (AvgIpc) is 3.61.